The Morgan fingerprint density at radius 3 is 2.40 bits per heavy atom. The fourth-order valence-electron chi connectivity index (χ4n) is 0.740. The summed E-state index contributed by atoms with van der Waals surface area (Å²) in [6.45, 7) is 5.15. The standard InChI is InChI=1S/C7H8.C5H8O3/c1-7-5-3-2-4-6-7;1-2-5(7)8-4-3-6/h2-6H,1H3;2,6H,1,3-4H2. The molecular formula is C12H16O3. The second-order valence-electron chi connectivity index (χ2n) is 2.75. The molecule has 0 saturated heterocycles. The molecule has 0 aliphatic carbocycles. The molecule has 1 aromatic rings. The summed E-state index contributed by atoms with van der Waals surface area (Å²) in [6.07, 6.45) is 1.05. The number of aliphatic hydroxyl groups excluding tert-OH is 1. The van der Waals surface area contributed by atoms with Gasteiger partial charge in [0.2, 0.25) is 0 Å². The SMILES string of the molecule is C=CC(=O)OCCO.Cc1ccccc1. The van der Waals surface area contributed by atoms with E-state index in [1.54, 1.807) is 0 Å². The van der Waals surface area contributed by atoms with Crippen LogP contribution < -0.4 is 0 Å². The molecule has 0 atom stereocenters. The lowest BCUT2D eigenvalue weighted by Crippen LogP contribution is -2.04. The lowest BCUT2D eigenvalue weighted by Gasteiger charge is -1.94. The van der Waals surface area contributed by atoms with Crippen molar-refractivity contribution in [3.05, 3.63) is 48.6 Å². The number of esters is 1. The summed E-state index contributed by atoms with van der Waals surface area (Å²) in [5.41, 5.74) is 1.32. The van der Waals surface area contributed by atoms with Crippen LogP contribution in [0.5, 0.6) is 0 Å². The summed E-state index contributed by atoms with van der Waals surface area (Å²) < 4.78 is 4.33. The summed E-state index contributed by atoms with van der Waals surface area (Å²) in [4.78, 5) is 10.1. The van der Waals surface area contributed by atoms with Crippen LogP contribution in [0.15, 0.2) is 43.0 Å². The lowest BCUT2D eigenvalue weighted by atomic mass is 10.2. The molecule has 3 heteroatoms. The first-order chi connectivity index (χ1) is 7.20. The zero-order valence-electron chi connectivity index (χ0n) is 8.85. The van der Waals surface area contributed by atoms with E-state index >= 15 is 0 Å². The Morgan fingerprint density at radius 2 is 2.07 bits per heavy atom. The molecule has 0 saturated carbocycles. The quantitative estimate of drug-likeness (QED) is 0.607. The van der Waals surface area contributed by atoms with E-state index in [2.05, 4.69) is 30.4 Å². The maximum Gasteiger partial charge on any atom is 0.330 e. The van der Waals surface area contributed by atoms with Gasteiger partial charge in [-0.15, -0.1) is 0 Å². The average molecular weight is 208 g/mol. The van der Waals surface area contributed by atoms with Gasteiger partial charge in [0, 0.05) is 6.08 Å². The molecule has 0 fully saturated rings. The van der Waals surface area contributed by atoms with Crippen molar-refractivity contribution in [2.45, 2.75) is 6.92 Å². The summed E-state index contributed by atoms with van der Waals surface area (Å²) in [5, 5.41) is 8.10. The van der Waals surface area contributed by atoms with E-state index in [1.165, 1.54) is 5.56 Å². The Labute approximate surface area is 90.0 Å². The number of aliphatic hydroxyl groups is 1. The molecule has 0 aromatic heterocycles. The Hall–Kier alpha value is -1.61. The summed E-state index contributed by atoms with van der Waals surface area (Å²) in [6, 6.07) is 10.3. The van der Waals surface area contributed by atoms with Crippen molar-refractivity contribution in [3.63, 3.8) is 0 Å². The van der Waals surface area contributed by atoms with E-state index < -0.39 is 5.97 Å². The molecule has 1 aromatic carbocycles. The fraction of sp³-hybridized carbons (Fsp3) is 0.250. The van der Waals surface area contributed by atoms with E-state index in [0.717, 1.165) is 6.08 Å². The van der Waals surface area contributed by atoms with Crippen LogP contribution in [0.3, 0.4) is 0 Å². The highest BCUT2D eigenvalue weighted by atomic mass is 16.5. The van der Waals surface area contributed by atoms with Gasteiger partial charge in [-0.2, -0.15) is 0 Å². The van der Waals surface area contributed by atoms with Gasteiger partial charge < -0.3 is 9.84 Å². The van der Waals surface area contributed by atoms with Crippen LogP contribution in [0, 0.1) is 6.92 Å². The second kappa shape index (κ2) is 8.97. The lowest BCUT2D eigenvalue weighted by molar-refractivity contribution is -0.138. The molecule has 82 valence electrons. The minimum absolute atomic E-state index is 0.0465. The molecule has 0 radical (unpaired) electrons. The third-order valence-corrected chi connectivity index (χ3v) is 1.44. The molecule has 15 heavy (non-hydrogen) atoms. The topological polar surface area (TPSA) is 46.5 Å². The van der Waals surface area contributed by atoms with Gasteiger partial charge in [-0.1, -0.05) is 42.5 Å². The Kier molecular flexibility index (Phi) is 8.00. The Bertz CT molecular complexity index is 280. The number of rotatable bonds is 3. The first kappa shape index (κ1) is 13.4. The van der Waals surface area contributed by atoms with Crippen LogP contribution in [0.25, 0.3) is 0 Å². The number of hydrogen-bond acceptors (Lipinski definition) is 3. The number of carbonyl (C=O) groups excluding carboxylic acids is 1. The minimum atomic E-state index is -0.501. The number of ether oxygens (including phenoxy) is 1. The summed E-state index contributed by atoms with van der Waals surface area (Å²) in [5.74, 6) is -0.501. The summed E-state index contributed by atoms with van der Waals surface area (Å²) in [7, 11) is 0. The molecule has 0 aliphatic rings. The van der Waals surface area contributed by atoms with Gasteiger partial charge in [0.05, 0.1) is 6.61 Å². The van der Waals surface area contributed by atoms with Crippen molar-refractivity contribution in [2.75, 3.05) is 13.2 Å². The van der Waals surface area contributed by atoms with Crippen molar-refractivity contribution in [2.24, 2.45) is 0 Å². The number of benzene rings is 1. The minimum Gasteiger partial charge on any atom is -0.460 e. The highest BCUT2D eigenvalue weighted by molar-refractivity contribution is 5.81. The smallest absolute Gasteiger partial charge is 0.330 e. The van der Waals surface area contributed by atoms with Crippen LogP contribution in [-0.2, 0) is 9.53 Å². The van der Waals surface area contributed by atoms with Gasteiger partial charge in [-0.25, -0.2) is 4.79 Å². The zero-order valence-corrected chi connectivity index (χ0v) is 8.85. The molecule has 0 bridgehead atoms. The van der Waals surface area contributed by atoms with Crippen molar-refractivity contribution in [1.29, 1.82) is 0 Å². The highest BCUT2D eigenvalue weighted by Gasteiger charge is 1.90. The van der Waals surface area contributed by atoms with E-state index in [4.69, 9.17) is 5.11 Å². The molecule has 1 rings (SSSR count). The van der Waals surface area contributed by atoms with Crippen molar-refractivity contribution < 1.29 is 14.6 Å². The average Bonchev–Trinajstić information content (AvgIpc) is 2.28. The number of hydrogen-bond donors (Lipinski definition) is 1. The van der Waals surface area contributed by atoms with Gasteiger partial charge >= 0.3 is 5.97 Å². The van der Waals surface area contributed by atoms with Gasteiger partial charge in [-0.3, -0.25) is 0 Å². The molecule has 0 spiro atoms. The molecule has 0 amide bonds. The van der Waals surface area contributed by atoms with E-state index in [1.807, 2.05) is 18.2 Å². The Balaban J connectivity index is 0.000000262. The normalized spacial score (nSPS) is 8.40. The zero-order chi connectivity index (χ0) is 11.5. The van der Waals surface area contributed by atoms with E-state index in [-0.39, 0.29) is 13.2 Å². The third kappa shape index (κ3) is 8.71. The fourth-order valence-corrected chi connectivity index (χ4v) is 0.740. The van der Waals surface area contributed by atoms with Crippen LogP contribution in [0.1, 0.15) is 5.56 Å². The van der Waals surface area contributed by atoms with E-state index in [0.29, 0.717) is 0 Å². The largest absolute Gasteiger partial charge is 0.460 e. The van der Waals surface area contributed by atoms with E-state index in [9.17, 15) is 4.79 Å². The molecule has 0 aliphatic heterocycles. The predicted molar refractivity (Wildman–Crippen MR) is 59.4 cm³/mol. The second-order valence-corrected chi connectivity index (χ2v) is 2.75. The van der Waals surface area contributed by atoms with Crippen LogP contribution >= 0.6 is 0 Å². The van der Waals surface area contributed by atoms with Crippen LogP contribution in [0.4, 0.5) is 0 Å². The monoisotopic (exact) mass is 208 g/mol. The Morgan fingerprint density at radius 1 is 1.47 bits per heavy atom. The maximum atomic E-state index is 10.1. The van der Waals surface area contributed by atoms with Gasteiger partial charge in [0.15, 0.2) is 0 Å². The van der Waals surface area contributed by atoms with Crippen molar-refractivity contribution in [3.8, 4) is 0 Å². The molecule has 1 N–H and O–H groups in total. The molecular weight excluding hydrogens is 192 g/mol. The first-order valence-corrected chi connectivity index (χ1v) is 4.62. The molecule has 0 unspecified atom stereocenters. The van der Waals surface area contributed by atoms with Crippen molar-refractivity contribution in [1.82, 2.24) is 0 Å². The number of aryl methyl sites for hydroxylation is 1. The van der Waals surface area contributed by atoms with Gasteiger partial charge in [-0.05, 0) is 6.92 Å². The van der Waals surface area contributed by atoms with Gasteiger partial charge in [0.25, 0.3) is 0 Å². The number of carbonyl (C=O) groups is 1. The molecule has 0 heterocycles. The third-order valence-electron chi connectivity index (χ3n) is 1.44. The van der Waals surface area contributed by atoms with Gasteiger partial charge in [0.1, 0.15) is 6.61 Å². The van der Waals surface area contributed by atoms with Crippen LogP contribution in [0.2, 0.25) is 0 Å². The van der Waals surface area contributed by atoms with Crippen LogP contribution in [-0.4, -0.2) is 24.3 Å². The maximum absolute atomic E-state index is 10.1. The first-order valence-electron chi connectivity index (χ1n) is 4.62. The molecule has 3 nitrogen and oxygen atoms in total. The van der Waals surface area contributed by atoms with Crippen molar-refractivity contribution >= 4 is 5.97 Å². The predicted octanol–water partition coefficient (Wildman–Crippen LogP) is 1.70. The summed E-state index contributed by atoms with van der Waals surface area (Å²) >= 11 is 0. The highest BCUT2D eigenvalue weighted by Crippen LogP contribution is 1.92.